The lowest BCUT2D eigenvalue weighted by Gasteiger charge is -2.26. The molecule has 2 N–H and O–H groups in total. The minimum atomic E-state index is -1.06. The van der Waals surface area contributed by atoms with Crippen molar-refractivity contribution in [2.75, 3.05) is 25.7 Å². The van der Waals surface area contributed by atoms with E-state index in [1.165, 1.54) is 49.5 Å². The molecule has 9 nitrogen and oxygen atoms in total. The number of aromatic hydroxyl groups is 1. The fourth-order valence-electron chi connectivity index (χ4n) is 4.21. The number of phenolic OH excluding ortho intramolecular Hbond substituents is 1. The van der Waals surface area contributed by atoms with Gasteiger partial charge in [-0.3, -0.25) is 14.5 Å². The van der Waals surface area contributed by atoms with E-state index >= 15 is 0 Å². The van der Waals surface area contributed by atoms with Crippen molar-refractivity contribution in [3.05, 3.63) is 89.0 Å². The van der Waals surface area contributed by atoms with E-state index in [1.807, 2.05) is 0 Å². The number of benzene rings is 3. The predicted octanol–water partition coefficient (Wildman–Crippen LogP) is 4.21. The van der Waals surface area contributed by atoms with Crippen LogP contribution in [0.1, 0.15) is 34.5 Å². The number of Topliss-reactive ketones (excluding diaryl/α,β-unsaturated/α-hetero) is 1. The van der Waals surface area contributed by atoms with Gasteiger partial charge in [-0.1, -0.05) is 18.2 Å². The summed E-state index contributed by atoms with van der Waals surface area (Å²) in [5, 5.41) is 21.2. The summed E-state index contributed by atoms with van der Waals surface area (Å²) >= 11 is 0. The van der Waals surface area contributed by atoms with Crippen molar-refractivity contribution >= 4 is 29.1 Å². The number of esters is 1. The van der Waals surface area contributed by atoms with Crippen molar-refractivity contribution < 1.29 is 38.8 Å². The molecule has 9 heteroatoms. The van der Waals surface area contributed by atoms with Crippen LogP contribution in [-0.2, 0) is 14.3 Å². The number of anilines is 1. The van der Waals surface area contributed by atoms with Crippen LogP contribution in [0.5, 0.6) is 17.2 Å². The Bertz CT molecular complexity index is 1390. The molecule has 190 valence electrons. The van der Waals surface area contributed by atoms with Crippen LogP contribution in [0.15, 0.2) is 72.3 Å². The van der Waals surface area contributed by atoms with Gasteiger partial charge in [0.1, 0.15) is 23.0 Å². The van der Waals surface area contributed by atoms with E-state index in [0.717, 1.165) is 0 Å². The molecule has 1 aliphatic heterocycles. The van der Waals surface area contributed by atoms with Gasteiger partial charge in [0.05, 0.1) is 43.6 Å². The highest BCUT2D eigenvalue weighted by molar-refractivity contribution is 6.51. The minimum absolute atomic E-state index is 0.0122. The molecule has 1 fully saturated rings. The number of ketones is 1. The first-order chi connectivity index (χ1) is 17.8. The van der Waals surface area contributed by atoms with E-state index in [-0.39, 0.29) is 40.5 Å². The fourth-order valence-corrected chi connectivity index (χ4v) is 4.21. The summed E-state index contributed by atoms with van der Waals surface area (Å²) in [6, 6.07) is 15.7. The van der Waals surface area contributed by atoms with Crippen LogP contribution in [0.4, 0.5) is 5.69 Å². The molecule has 1 saturated heterocycles. The predicted molar refractivity (Wildman–Crippen MR) is 135 cm³/mol. The number of hydrogen-bond donors (Lipinski definition) is 2. The van der Waals surface area contributed by atoms with Gasteiger partial charge in [-0.15, -0.1) is 0 Å². The van der Waals surface area contributed by atoms with Gasteiger partial charge in [0.15, 0.2) is 0 Å². The largest absolute Gasteiger partial charge is 0.508 e. The number of nitrogens with zero attached hydrogens (tertiary/aromatic N) is 1. The van der Waals surface area contributed by atoms with E-state index in [0.29, 0.717) is 11.3 Å². The molecule has 0 bridgehead atoms. The van der Waals surface area contributed by atoms with Gasteiger partial charge in [-0.25, -0.2) is 4.79 Å². The first kappa shape index (κ1) is 25.3. The van der Waals surface area contributed by atoms with Crippen molar-refractivity contribution in [3.63, 3.8) is 0 Å². The summed E-state index contributed by atoms with van der Waals surface area (Å²) in [7, 11) is 2.89. The highest BCUT2D eigenvalue weighted by Gasteiger charge is 2.47. The molecule has 1 unspecified atom stereocenters. The topological polar surface area (TPSA) is 123 Å². The van der Waals surface area contributed by atoms with Crippen LogP contribution in [0.25, 0.3) is 5.76 Å². The van der Waals surface area contributed by atoms with Crippen molar-refractivity contribution in [2.45, 2.75) is 13.0 Å². The average Bonchev–Trinajstić information content (AvgIpc) is 3.18. The van der Waals surface area contributed by atoms with Gasteiger partial charge in [0.2, 0.25) is 0 Å². The maximum atomic E-state index is 13.4. The highest BCUT2D eigenvalue weighted by atomic mass is 16.5. The zero-order chi connectivity index (χ0) is 26.7. The molecule has 1 heterocycles. The monoisotopic (exact) mass is 503 g/mol. The lowest BCUT2D eigenvalue weighted by Crippen LogP contribution is -2.29. The van der Waals surface area contributed by atoms with E-state index in [2.05, 4.69) is 0 Å². The quantitative estimate of drug-likeness (QED) is 0.213. The number of aliphatic hydroxyl groups excluding tert-OH is 1. The van der Waals surface area contributed by atoms with Crippen molar-refractivity contribution in [1.82, 2.24) is 0 Å². The summed E-state index contributed by atoms with van der Waals surface area (Å²) in [5.41, 5.74) is 0.910. The molecule has 37 heavy (non-hydrogen) atoms. The number of aliphatic hydroxyl groups is 1. The summed E-state index contributed by atoms with van der Waals surface area (Å²) in [6.07, 6.45) is 0. The van der Waals surface area contributed by atoms with Gasteiger partial charge < -0.3 is 24.4 Å². The average molecular weight is 504 g/mol. The van der Waals surface area contributed by atoms with E-state index < -0.39 is 29.5 Å². The molecule has 1 amide bonds. The maximum absolute atomic E-state index is 13.4. The lowest BCUT2D eigenvalue weighted by molar-refractivity contribution is -0.132. The number of ether oxygens (including phenoxy) is 3. The molecule has 0 radical (unpaired) electrons. The van der Waals surface area contributed by atoms with Crippen LogP contribution in [-0.4, -0.2) is 48.7 Å². The Balaban J connectivity index is 1.93. The number of rotatable bonds is 7. The number of amides is 1. The van der Waals surface area contributed by atoms with Crippen molar-refractivity contribution in [2.24, 2.45) is 0 Å². The number of carbonyl (C=O) groups is 3. The number of methoxy groups -OCH3 is 2. The standard InChI is InChI=1S/C28H25NO8/c1-4-37-28(34)17-6-5-7-18(14-17)29-24(16-8-10-19(30)11-9-16)23(26(32)27(29)33)25(31)21-13-12-20(35-2)15-22(21)36-3/h5-15,24,30-31H,4H2,1-3H3/b25-23-. The third-order valence-electron chi connectivity index (χ3n) is 5.95. The molecule has 1 aliphatic rings. The number of hydrogen-bond acceptors (Lipinski definition) is 8. The molecule has 0 aromatic heterocycles. The van der Waals surface area contributed by atoms with Gasteiger partial charge in [-0.05, 0) is 55.0 Å². The fraction of sp³-hybridized carbons (Fsp3) is 0.179. The molecule has 3 aromatic carbocycles. The normalized spacial score (nSPS) is 16.5. The van der Waals surface area contributed by atoms with Crippen LogP contribution in [0.3, 0.4) is 0 Å². The van der Waals surface area contributed by atoms with Gasteiger partial charge in [0, 0.05) is 11.8 Å². The summed E-state index contributed by atoms with van der Waals surface area (Å²) in [5.74, 6) is -2.15. The molecule has 1 atom stereocenters. The highest BCUT2D eigenvalue weighted by Crippen LogP contribution is 2.44. The molecular weight excluding hydrogens is 478 g/mol. The SMILES string of the molecule is CCOC(=O)c1cccc(N2C(=O)C(=O)/C(=C(\O)c3ccc(OC)cc3OC)C2c2ccc(O)cc2)c1. The summed E-state index contributed by atoms with van der Waals surface area (Å²) in [6.45, 7) is 1.85. The molecule has 0 spiro atoms. The third kappa shape index (κ3) is 4.71. The first-order valence-electron chi connectivity index (χ1n) is 11.4. The van der Waals surface area contributed by atoms with Gasteiger partial charge >= 0.3 is 5.97 Å². The number of carbonyl (C=O) groups excluding carboxylic acids is 3. The van der Waals surface area contributed by atoms with Crippen LogP contribution >= 0.6 is 0 Å². The Kier molecular flexibility index (Phi) is 7.15. The second-order valence-corrected chi connectivity index (χ2v) is 8.10. The third-order valence-corrected chi connectivity index (χ3v) is 5.95. The van der Waals surface area contributed by atoms with E-state index in [9.17, 15) is 24.6 Å². The second-order valence-electron chi connectivity index (χ2n) is 8.10. The van der Waals surface area contributed by atoms with Gasteiger partial charge in [-0.2, -0.15) is 0 Å². The molecule has 0 aliphatic carbocycles. The Morgan fingerprint density at radius 2 is 1.70 bits per heavy atom. The zero-order valence-corrected chi connectivity index (χ0v) is 20.4. The zero-order valence-electron chi connectivity index (χ0n) is 20.4. The van der Waals surface area contributed by atoms with Crippen LogP contribution < -0.4 is 14.4 Å². The Morgan fingerprint density at radius 1 is 0.973 bits per heavy atom. The smallest absolute Gasteiger partial charge is 0.338 e. The van der Waals surface area contributed by atoms with Gasteiger partial charge in [0.25, 0.3) is 11.7 Å². The molecule has 0 saturated carbocycles. The van der Waals surface area contributed by atoms with Crippen LogP contribution in [0.2, 0.25) is 0 Å². The first-order valence-corrected chi connectivity index (χ1v) is 11.4. The summed E-state index contributed by atoms with van der Waals surface area (Å²) < 4.78 is 15.7. The molecule has 3 aromatic rings. The number of phenols is 1. The summed E-state index contributed by atoms with van der Waals surface area (Å²) in [4.78, 5) is 40.3. The maximum Gasteiger partial charge on any atom is 0.338 e. The Labute approximate surface area is 213 Å². The molecular formula is C28H25NO8. The van der Waals surface area contributed by atoms with Crippen molar-refractivity contribution in [1.29, 1.82) is 0 Å². The Morgan fingerprint density at radius 3 is 2.35 bits per heavy atom. The van der Waals surface area contributed by atoms with Crippen LogP contribution in [0, 0.1) is 0 Å². The Hall–Kier alpha value is -4.79. The molecule has 4 rings (SSSR count). The van der Waals surface area contributed by atoms with E-state index in [4.69, 9.17) is 14.2 Å². The lowest BCUT2D eigenvalue weighted by atomic mass is 9.94. The van der Waals surface area contributed by atoms with E-state index in [1.54, 1.807) is 43.3 Å². The minimum Gasteiger partial charge on any atom is -0.508 e. The second kappa shape index (κ2) is 10.4. The van der Waals surface area contributed by atoms with Crippen molar-refractivity contribution in [3.8, 4) is 17.2 Å².